The lowest BCUT2D eigenvalue weighted by Crippen LogP contribution is -2.49. The molecule has 152 valence electrons. The zero-order valence-corrected chi connectivity index (χ0v) is 18.5. The highest BCUT2D eigenvalue weighted by molar-refractivity contribution is 7.88. The van der Waals surface area contributed by atoms with Gasteiger partial charge in [-0.25, -0.2) is 13.1 Å². The summed E-state index contributed by atoms with van der Waals surface area (Å²) in [5.74, 6) is 0.728. The fourth-order valence-electron chi connectivity index (χ4n) is 4.24. The van der Waals surface area contributed by atoms with E-state index >= 15 is 0 Å². The Hall–Kier alpha value is -0.920. The summed E-state index contributed by atoms with van der Waals surface area (Å²) < 4.78 is 25.5. The minimum atomic E-state index is -3.25. The summed E-state index contributed by atoms with van der Waals surface area (Å²) >= 11 is 1.65. The number of aryl methyl sites for hydroxylation is 1. The lowest BCUT2D eigenvalue weighted by Gasteiger charge is -2.35. The van der Waals surface area contributed by atoms with Gasteiger partial charge >= 0.3 is 0 Å². The van der Waals surface area contributed by atoms with Gasteiger partial charge in [0.25, 0.3) is 5.91 Å². The molecular formula is C20H32N2O3S2. The highest BCUT2D eigenvalue weighted by Crippen LogP contribution is 2.40. The number of thiophene rings is 1. The Balaban J connectivity index is 1.74. The van der Waals surface area contributed by atoms with E-state index in [0.29, 0.717) is 24.4 Å². The molecule has 0 spiro atoms. The largest absolute Gasteiger partial charge is 0.334 e. The van der Waals surface area contributed by atoms with Crippen LogP contribution in [0.1, 0.15) is 66.6 Å². The first-order valence-corrected chi connectivity index (χ1v) is 12.6. The first-order valence-electron chi connectivity index (χ1n) is 9.92. The number of piperidine rings is 1. The van der Waals surface area contributed by atoms with E-state index in [1.807, 2.05) is 4.90 Å². The molecular weight excluding hydrogens is 380 g/mol. The van der Waals surface area contributed by atoms with Gasteiger partial charge in [0, 0.05) is 24.0 Å². The molecule has 0 saturated carbocycles. The normalized spacial score (nSPS) is 23.9. The van der Waals surface area contributed by atoms with Gasteiger partial charge in [-0.15, -0.1) is 11.3 Å². The van der Waals surface area contributed by atoms with Crippen molar-refractivity contribution in [1.29, 1.82) is 0 Å². The number of rotatable bonds is 4. The Bertz CT molecular complexity index is 793. The third-order valence-corrected chi connectivity index (χ3v) is 7.90. The number of hydrogen-bond acceptors (Lipinski definition) is 4. The van der Waals surface area contributed by atoms with E-state index in [9.17, 15) is 13.2 Å². The molecule has 3 rings (SSSR count). The van der Waals surface area contributed by atoms with Gasteiger partial charge in [-0.3, -0.25) is 4.79 Å². The molecule has 1 amide bonds. The van der Waals surface area contributed by atoms with Gasteiger partial charge in [0.05, 0.1) is 11.1 Å². The number of hydrogen-bond donors (Lipinski definition) is 1. The molecule has 7 heteroatoms. The summed E-state index contributed by atoms with van der Waals surface area (Å²) in [4.78, 5) is 17.3. The maximum absolute atomic E-state index is 13.2. The number of carbonyl (C=O) groups excluding carboxylic acids is 1. The molecule has 27 heavy (non-hydrogen) atoms. The van der Waals surface area contributed by atoms with E-state index in [0.717, 1.165) is 37.0 Å². The zero-order chi connectivity index (χ0) is 19.8. The molecule has 0 bridgehead atoms. The van der Waals surface area contributed by atoms with Crippen LogP contribution < -0.4 is 4.72 Å². The van der Waals surface area contributed by atoms with Gasteiger partial charge in [0.2, 0.25) is 10.0 Å². The van der Waals surface area contributed by atoms with Gasteiger partial charge in [-0.05, 0) is 61.5 Å². The van der Waals surface area contributed by atoms with Gasteiger partial charge in [-0.2, -0.15) is 0 Å². The van der Waals surface area contributed by atoms with Crippen molar-refractivity contribution < 1.29 is 13.2 Å². The third-order valence-electron chi connectivity index (χ3n) is 5.99. The van der Waals surface area contributed by atoms with E-state index in [1.165, 1.54) is 23.1 Å². The molecule has 1 aromatic heterocycles. The molecule has 0 aromatic carbocycles. The molecule has 2 heterocycles. The minimum absolute atomic E-state index is 0.0533. The summed E-state index contributed by atoms with van der Waals surface area (Å²) in [6, 6.07) is 2.05. The fourth-order valence-corrected chi connectivity index (χ4v) is 5.90. The predicted octanol–water partition coefficient (Wildman–Crippen LogP) is 3.44. The average Bonchev–Trinajstić information content (AvgIpc) is 3.01. The SMILES string of the molecule is CC(C)(C)C1CCc2sc(C(=O)N3CCCCC3CNS(C)(=O)=O)cc2C1. The van der Waals surface area contributed by atoms with E-state index < -0.39 is 10.0 Å². The fraction of sp³-hybridized carbons (Fsp3) is 0.750. The van der Waals surface area contributed by atoms with Gasteiger partial charge in [0.15, 0.2) is 0 Å². The molecule has 2 aliphatic rings. The smallest absolute Gasteiger partial charge is 0.264 e. The summed E-state index contributed by atoms with van der Waals surface area (Å²) in [5.41, 5.74) is 1.64. The molecule has 1 fully saturated rings. The van der Waals surface area contributed by atoms with Crippen molar-refractivity contribution in [2.45, 2.75) is 65.3 Å². The zero-order valence-electron chi connectivity index (χ0n) is 16.9. The van der Waals surface area contributed by atoms with Crippen molar-refractivity contribution in [2.24, 2.45) is 11.3 Å². The maximum Gasteiger partial charge on any atom is 0.264 e. The lowest BCUT2D eigenvalue weighted by molar-refractivity contribution is 0.0623. The monoisotopic (exact) mass is 412 g/mol. The van der Waals surface area contributed by atoms with Gasteiger partial charge in [-0.1, -0.05) is 20.8 Å². The first-order chi connectivity index (χ1) is 12.5. The first kappa shape index (κ1) is 20.8. The van der Waals surface area contributed by atoms with Crippen LogP contribution >= 0.6 is 11.3 Å². The van der Waals surface area contributed by atoms with Crippen LogP contribution in [0.25, 0.3) is 0 Å². The quantitative estimate of drug-likeness (QED) is 0.824. The highest BCUT2D eigenvalue weighted by Gasteiger charge is 2.33. The van der Waals surface area contributed by atoms with E-state index in [-0.39, 0.29) is 11.9 Å². The van der Waals surface area contributed by atoms with Crippen molar-refractivity contribution in [1.82, 2.24) is 9.62 Å². The standard InChI is InChI=1S/C20H32N2O3S2/c1-20(2,3)15-8-9-17-14(11-15)12-18(26-17)19(23)22-10-6-5-7-16(22)13-21-27(4,24)25/h12,15-16,21H,5-11,13H2,1-4H3. The molecule has 1 aromatic rings. The second kappa shape index (κ2) is 7.84. The van der Waals surface area contributed by atoms with Crippen LogP contribution in [-0.2, 0) is 22.9 Å². The second-order valence-corrected chi connectivity index (χ2v) is 12.1. The average molecular weight is 413 g/mol. The molecule has 2 unspecified atom stereocenters. The Morgan fingerprint density at radius 1 is 1.30 bits per heavy atom. The molecule has 1 N–H and O–H groups in total. The van der Waals surface area contributed by atoms with Crippen molar-refractivity contribution in [3.05, 3.63) is 21.4 Å². The highest BCUT2D eigenvalue weighted by atomic mass is 32.2. The van der Waals surface area contributed by atoms with Gasteiger partial charge in [0.1, 0.15) is 0 Å². The Labute approximate surface area is 167 Å². The van der Waals surface area contributed by atoms with Crippen molar-refractivity contribution in [3.63, 3.8) is 0 Å². The number of amides is 1. The van der Waals surface area contributed by atoms with Crippen molar-refractivity contribution in [3.8, 4) is 0 Å². The van der Waals surface area contributed by atoms with Crippen LogP contribution in [-0.4, -0.2) is 44.6 Å². The molecule has 0 radical (unpaired) electrons. The minimum Gasteiger partial charge on any atom is -0.334 e. The lowest BCUT2D eigenvalue weighted by atomic mass is 9.72. The number of fused-ring (bicyclic) bond motifs is 1. The molecule has 1 saturated heterocycles. The van der Waals surface area contributed by atoms with Crippen LogP contribution in [0.3, 0.4) is 0 Å². The van der Waals surface area contributed by atoms with E-state index in [2.05, 4.69) is 31.6 Å². The van der Waals surface area contributed by atoms with E-state index in [4.69, 9.17) is 0 Å². The van der Waals surface area contributed by atoms with Crippen LogP contribution in [0, 0.1) is 11.3 Å². The predicted molar refractivity (Wildman–Crippen MR) is 111 cm³/mol. The molecule has 1 aliphatic carbocycles. The number of nitrogens with one attached hydrogen (secondary N) is 1. The molecule has 5 nitrogen and oxygen atoms in total. The number of likely N-dealkylation sites (tertiary alicyclic amines) is 1. The van der Waals surface area contributed by atoms with Crippen LogP contribution in [0.2, 0.25) is 0 Å². The van der Waals surface area contributed by atoms with Crippen LogP contribution in [0.5, 0.6) is 0 Å². The third kappa shape index (κ3) is 5.12. The topological polar surface area (TPSA) is 66.5 Å². The summed E-state index contributed by atoms with van der Waals surface area (Å²) in [7, 11) is -3.25. The summed E-state index contributed by atoms with van der Waals surface area (Å²) in [6.45, 7) is 7.92. The number of sulfonamides is 1. The second-order valence-electron chi connectivity index (χ2n) is 9.13. The van der Waals surface area contributed by atoms with Crippen molar-refractivity contribution in [2.75, 3.05) is 19.3 Å². The van der Waals surface area contributed by atoms with Crippen LogP contribution in [0.4, 0.5) is 0 Å². The summed E-state index contributed by atoms with van der Waals surface area (Å²) in [5, 5.41) is 0. The maximum atomic E-state index is 13.2. The molecule has 2 atom stereocenters. The number of nitrogens with zero attached hydrogens (tertiary/aromatic N) is 1. The summed E-state index contributed by atoms with van der Waals surface area (Å²) in [6.07, 6.45) is 7.35. The van der Waals surface area contributed by atoms with Crippen molar-refractivity contribution >= 4 is 27.3 Å². The van der Waals surface area contributed by atoms with Gasteiger partial charge < -0.3 is 4.90 Å². The number of carbonyl (C=O) groups is 1. The van der Waals surface area contributed by atoms with Crippen LogP contribution in [0.15, 0.2) is 6.07 Å². The van der Waals surface area contributed by atoms with E-state index in [1.54, 1.807) is 11.3 Å². The Morgan fingerprint density at radius 3 is 2.70 bits per heavy atom. The molecule has 1 aliphatic heterocycles. The Morgan fingerprint density at radius 2 is 2.04 bits per heavy atom. The Kier molecular flexibility index (Phi) is 6.04.